The monoisotopic (exact) mass is 623 g/mol. The Morgan fingerprint density at radius 1 is 1.16 bits per heavy atom. The summed E-state index contributed by atoms with van der Waals surface area (Å²) in [7, 11) is 0. The Morgan fingerprint density at radius 2 is 2.02 bits per heavy atom. The van der Waals surface area contributed by atoms with Gasteiger partial charge >= 0.3 is 6.01 Å². The van der Waals surface area contributed by atoms with Gasteiger partial charge in [-0.1, -0.05) is 13.0 Å². The van der Waals surface area contributed by atoms with Gasteiger partial charge in [0.25, 0.3) is 0 Å². The SMILES string of the molecule is CCc1c(F)ccc2cc(O)cc(-c3ncc4c(N5CCOC(CO)CC5)nc(OC[C@@]56CCCN5C[C@H](F)C6)nc4c3F)c12. The van der Waals surface area contributed by atoms with Crippen molar-refractivity contribution in [2.24, 2.45) is 0 Å². The zero-order chi connectivity index (χ0) is 31.3. The molecule has 3 fully saturated rings. The normalized spacial score (nSPS) is 24.0. The highest BCUT2D eigenvalue weighted by atomic mass is 19.1. The first-order valence-corrected chi connectivity index (χ1v) is 15.6. The summed E-state index contributed by atoms with van der Waals surface area (Å²) in [4.78, 5) is 17.8. The summed E-state index contributed by atoms with van der Waals surface area (Å²) < 4.78 is 58.1. The van der Waals surface area contributed by atoms with Crippen LogP contribution in [-0.4, -0.2) is 93.9 Å². The minimum Gasteiger partial charge on any atom is -0.508 e. The van der Waals surface area contributed by atoms with Crippen molar-refractivity contribution in [2.75, 3.05) is 50.9 Å². The van der Waals surface area contributed by atoms with Crippen molar-refractivity contribution in [3.05, 3.63) is 47.7 Å². The van der Waals surface area contributed by atoms with Gasteiger partial charge in [-0.15, -0.1) is 0 Å². The van der Waals surface area contributed by atoms with Crippen LogP contribution in [0.4, 0.5) is 19.0 Å². The Morgan fingerprint density at radius 3 is 2.84 bits per heavy atom. The second-order valence-corrected chi connectivity index (χ2v) is 12.3. The number of pyridine rings is 1. The van der Waals surface area contributed by atoms with E-state index >= 15 is 4.39 Å². The lowest BCUT2D eigenvalue weighted by molar-refractivity contribution is 0.0222. The number of anilines is 1. The van der Waals surface area contributed by atoms with E-state index in [1.54, 1.807) is 6.07 Å². The lowest BCUT2D eigenvalue weighted by atomic mass is 9.94. The number of phenols is 1. The van der Waals surface area contributed by atoms with Crippen molar-refractivity contribution >= 4 is 27.5 Å². The molecule has 4 aromatic rings. The smallest absolute Gasteiger partial charge is 0.319 e. The molecule has 0 aliphatic carbocycles. The molecule has 238 valence electrons. The quantitative estimate of drug-likeness (QED) is 0.297. The standard InChI is InChI=1S/C33H36F3N5O4/c1-2-23-26(35)5-4-19-12-21(43)13-24(27(19)23)29-28(36)30-25(15-37-29)31(40-9-6-22(17-42)44-11-10-40)39-32(38-30)45-18-33-7-3-8-41(33)16-20(34)14-33/h4-5,12-13,15,20,22,42-43H,2-3,6-11,14,16-18H2,1H3/t20-,22?,33+/m1/s1. The molecule has 0 radical (unpaired) electrons. The first-order chi connectivity index (χ1) is 21.8. The largest absolute Gasteiger partial charge is 0.508 e. The number of hydrogen-bond acceptors (Lipinski definition) is 9. The van der Waals surface area contributed by atoms with E-state index in [2.05, 4.69) is 14.9 Å². The zero-order valence-corrected chi connectivity index (χ0v) is 25.1. The molecule has 3 aliphatic heterocycles. The minimum absolute atomic E-state index is 0.0367. The Balaban J connectivity index is 1.36. The zero-order valence-electron chi connectivity index (χ0n) is 25.1. The number of nitrogens with zero attached hydrogens (tertiary/aromatic N) is 5. The lowest BCUT2D eigenvalue weighted by Crippen LogP contribution is -2.43. The Labute approximate surface area is 258 Å². The third-order valence-electron chi connectivity index (χ3n) is 9.57. The van der Waals surface area contributed by atoms with Gasteiger partial charge in [0.15, 0.2) is 5.82 Å². The highest BCUT2D eigenvalue weighted by Crippen LogP contribution is 2.42. The second-order valence-electron chi connectivity index (χ2n) is 12.3. The molecule has 3 atom stereocenters. The molecule has 2 N–H and O–H groups in total. The van der Waals surface area contributed by atoms with Gasteiger partial charge in [-0.2, -0.15) is 9.97 Å². The van der Waals surface area contributed by atoms with Crippen LogP contribution < -0.4 is 9.64 Å². The molecule has 2 aromatic carbocycles. The van der Waals surface area contributed by atoms with E-state index in [1.165, 1.54) is 24.4 Å². The van der Waals surface area contributed by atoms with Gasteiger partial charge in [0.2, 0.25) is 0 Å². The molecule has 0 spiro atoms. The predicted octanol–water partition coefficient (Wildman–Crippen LogP) is 4.93. The topological polar surface area (TPSA) is 104 Å². The van der Waals surface area contributed by atoms with Gasteiger partial charge < -0.3 is 24.6 Å². The summed E-state index contributed by atoms with van der Waals surface area (Å²) in [6, 6.07) is 5.75. The first-order valence-electron chi connectivity index (χ1n) is 15.6. The summed E-state index contributed by atoms with van der Waals surface area (Å²) in [5.74, 6) is -0.882. The number of phenolic OH excluding ortho intramolecular Hbond substituents is 1. The van der Waals surface area contributed by atoms with Crippen LogP contribution in [0.25, 0.3) is 32.9 Å². The van der Waals surface area contributed by atoms with Gasteiger partial charge in [-0.25, -0.2) is 13.2 Å². The molecule has 1 unspecified atom stereocenters. The lowest BCUT2D eigenvalue weighted by Gasteiger charge is -2.31. The summed E-state index contributed by atoms with van der Waals surface area (Å²) >= 11 is 0. The number of hydrogen-bond donors (Lipinski definition) is 2. The summed E-state index contributed by atoms with van der Waals surface area (Å²) in [5.41, 5.74) is 0.0621. The van der Waals surface area contributed by atoms with E-state index in [0.29, 0.717) is 73.0 Å². The van der Waals surface area contributed by atoms with Crippen molar-refractivity contribution in [3.63, 3.8) is 0 Å². The van der Waals surface area contributed by atoms with Gasteiger partial charge in [-0.05, 0) is 66.8 Å². The van der Waals surface area contributed by atoms with E-state index in [-0.39, 0.29) is 47.9 Å². The van der Waals surface area contributed by atoms with Crippen molar-refractivity contribution in [1.82, 2.24) is 19.9 Å². The molecule has 0 amide bonds. The van der Waals surface area contributed by atoms with Gasteiger partial charge in [0, 0.05) is 37.8 Å². The molecule has 2 aromatic heterocycles. The number of alkyl halides is 1. The van der Waals surface area contributed by atoms with Crippen LogP contribution in [0.1, 0.15) is 38.2 Å². The number of aliphatic hydroxyl groups excluding tert-OH is 1. The van der Waals surface area contributed by atoms with Crippen molar-refractivity contribution in [1.29, 1.82) is 0 Å². The number of aromatic hydroxyl groups is 1. The van der Waals surface area contributed by atoms with Crippen LogP contribution in [0.15, 0.2) is 30.5 Å². The maximum absolute atomic E-state index is 16.8. The molecular formula is C33H36F3N5O4. The minimum atomic E-state index is -0.931. The van der Waals surface area contributed by atoms with Crippen LogP contribution in [0.3, 0.4) is 0 Å². The third-order valence-corrected chi connectivity index (χ3v) is 9.57. The Kier molecular flexibility index (Phi) is 7.91. The predicted molar refractivity (Wildman–Crippen MR) is 163 cm³/mol. The van der Waals surface area contributed by atoms with Gasteiger partial charge in [0.05, 0.1) is 30.2 Å². The molecule has 9 nitrogen and oxygen atoms in total. The average Bonchev–Trinajstić information content (AvgIpc) is 3.44. The highest BCUT2D eigenvalue weighted by molar-refractivity contribution is 6.01. The van der Waals surface area contributed by atoms with E-state index in [4.69, 9.17) is 14.5 Å². The fraction of sp³-hybridized carbons (Fsp3) is 0.485. The van der Waals surface area contributed by atoms with Crippen molar-refractivity contribution < 1.29 is 32.9 Å². The number of halogens is 3. The molecular weight excluding hydrogens is 587 g/mol. The number of aromatic nitrogens is 3. The van der Waals surface area contributed by atoms with Crippen molar-refractivity contribution in [3.8, 4) is 23.0 Å². The number of aliphatic hydroxyl groups is 1. The summed E-state index contributed by atoms with van der Waals surface area (Å²) in [6.45, 7) is 4.29. The van der Waals surface area contributed by atoms with E-state index in [1.807, 2.05) is 11.8 Å². The number of fused-ring (bicyclic) bond motifs is 3. The van der Waals surface area contributed by atoms with Crippen LogP contribution in [0, 0.1) is 11.6 Å². The molecule has 5 heterocycles. The Hall–Kier alpha value is -3.74. The number of benzene rings is 2. The third kappa shape index (κ3) is 5.32. The van der Waals surface area contributed by atoms with Crippen LogP contribution >= 0.6 is 0 Å². The fourth-order valence-corrected chi connectivity index (χ4v) is 7.38. The maximum atomic E-state index is 16.8. The first kappa shape index (κ1) is 29.9. The molecule has 7 rings (SSSR count). The maximum Gasteiger partial charge on any atom is 0.319 e. The fourth-order valence-electron chi connectivity index (χ4n) is 7.38. The molecule has 3 saturated heterocycles. The number of rotatable bonds is 7. The Bertz CT molecular complexity index is 1760. The molecule has 12 heteroatoms. The van der Waals surface area contributed by atoms with Crippen molar-refractivity contribution in [2.45, 2.75) is 56.8 Å². The molecule has 45 heavy (non-hydrogen) atoms. The van der Waals surface area contributed by atoms with Gasteiger partial charge in [-0.3, -0.25) is 9.88 Å². The second kappa shape index (κ2) is 11.9. The molecule has 3 aliphatic rings. The summed E-state index contributed by atoms with van der Waals surface area (Å²) in [5, 5.41) is 21.6. The van der Waals surface area contributed by atoms with E-state index in [9.17, 15) is 19.0 Å². The van der Waals surface area contributed by atoms with Crippen LogP contribution in [0.2, 0.25) is 0 Å². The average molecular weight is 624 g/mol. The molecule has 0 bridgehead atoms. The van der Waals surface area contributed by atoms with Gasteiger partial charge in [0.1, 0.15) is 41.4 Å². The van der Waals surface area contributed by atoms with Crippen LogP contribution in [0.5, 0.6) is 11.8 Å². The van der Waals surface area contributed by atoms with Crippen LogP contribution in [-0.2, 0) is 11.2 Å². The number of aryl methyl sites for hydroxylation is 1. The molecule has 0 saturated carbocycles. The summed E-state index contributed by atoms with van der Waals surface area (Å²) in [6.07, 6.45) is 3.22. The van der Waals surface area contributed by atoms with E-state index < -0.39 is 23.3 Å². The number of ether oxygens (including phenoxy) is 2. The highest BCUT2D eigenvalue weighted by Gasteiger charge is 2.49. The van der Waals surface area contributed by atoms with E-state index in [0.717, 1.165) is 19.4 Å².